The molecule has 4 fully saturated rings. The van der Waals surface area contributed by atoms with Gasteiger partial charge >= 0.3 is 0 Å². The van der Waals surface area contributed by atoms with E-state index < -0.39 is 12.8 Å². The second-order valence-corrected chi connectivity index (χ2v) is 7.58. The first-order chi connectivity index (χ1) is 6.48. The molecule has 0 N–H and O–H groups in total. The number of hydrogen-bond donors (Lipinski definition) is 0. The highest BCUT2D eigenvalue weighted by Gasteiger charge is 2.52. The summed E-state index contributed by atoms with van der Waals surface area (Å²) < 4.78 is 11.4. The molecule has 14 heavy (non-hydrogen) atoms. The first-order valence-corrected chi connectivity index (χ1v) is 7.05. The van der Waals surface area contributed by atoms with Crippen LogP contribution in [0.4, 0.5) is 0 Å². The molecule has 4 aliphatic carbocycles. The average molecular weight is 214 g/mol. The first-order valence-electron chi connectivity index (χ1n) is 5.51. The van der Waals surface area contributed by atoms with Crippen LogP contribution in [-0.4, -0.2) is 5.16 Å². The Balaban J connectivity index is 1.99. The zero-order valence-corrected chi connectivity index (χ0v) is 9.04. The lowest BCUT2D eigenvalue weighted by molar-refractivity contribution is -0.325. The Bertz CT molecular complexity index is 271. The predicted molar refractivity (Wildman–Crippen MR) is 48.5 cm³/mol. The Kier molecular flexibility index (Phi) is 1.76. The summed E-state index contributed by atoms with van der Waals surface area (Å²) in [7, 11) is -4.37. The van der Waals surface area contributed by atoms with E-state index in [4.69, 9.17) is 0 Å². The molecular weight excluding hydrogens is 199 g/mol. The molecule has 0 aromatic heterocycles. The molecular formula is C10H15O3P-2. The molecule has 0 spiro atoms. The van der Waals surface area contributed by atoms with Gasteiger partial charge in [0, 0.05) is 0 Å². The molecule has 0 aromatic carbocycles. The van der Waals surface area contributed by atoms with Crippen LogP contribution in [0.1, 0.15) is 38.5 Å². The van der Waals surface area contributed by atoms with E-state index >= 15 is 0 Å². The summed E-state index contributed by atoms with van der Waals surface area (Å²) >= 11 is 0. The zero-order chi connectivity index (χ0) is 9.97. The number of rotatable bonds is 1. The molecule has 0 unspecified atom stereocenters. The third kappa shape index (κ3) is 1.16. The van der Waals surface area contributed by atoms with Crippen LogP contribution in [0.25, 0.3) is 0 Å². The summed E-state index contributed by atoms with van der Waals surface area (Å²) in [5, 5.41) is -0.818. The van der Waals surface area contributed by atoms with Gasteiger partial charge in [0.1, 0.15) is 0 Å². The van der Waals surface area contributed by atoms with Gasteiger partial charge in [-0.2, -0.15) is 0 Å². The highest BCUT2D eigenvalue weighted by Crippen LogP contribution is 2.66. The molecule has 4 heteroatoms. The van der Waals surface area contributed by atoms with Crippen molar-refractivity contribution in [3.63, 3.8) is 0 Å². The summed E-state index contributed by atoms with van der Waals surface area (Å²) in [6.07, 6.45) is 5.55. The minimum atomic E-state index is -4.37. The lowest BCUT2D eigenvalue weighted by Gasteiger charge is -2.63. The lowest BCUT2D eigenvalue weighted by Crippen LogP contribution is -2.53. The third-order valence-corrected chi connectivity index (χ3v) is 6.30. The minimum absolute atomic E-state index is 0.539. The molecule has 0 amide bonds. The molecule has 0 aliphatic heterocycles. The van der Waals surface area contributed by atoms with E-state index in [1.54, 1.807) is 0 Å². The van der Waals surface area contributed by atoms with E-state index in [9.17, 15) is 14.4 Å². The third-order valence-electron chi connectivity index (χ3n) is 4.59. The summed E-state index contributed by atoms with van der Waals surface area (Å²) in [4.78, 5) is 22.7. The van der Waals surface area contributed by atoms with E-state index in [0.29, 0.717) is 37.0 Å². The lowest BCUT2D eigenvalue weighted by atomic mass is 9.56. The number of hydrogen-bond acceptors (Lipinski definition) is 3. The molecule has 0 radical (unpaired) electrons. The van der Waals surface area contributed by atoms with Gasteiger partial charge < -0.3 is 14.4 Å². The maximum absolute atomic E-state index is 11.4. The molecule has 0 heterocycles. The van der Waals surface area contributed by atoms with Crippen molar-refractivity contribution >= 4 is 7.60 Å². The molecule has 0 aromatic rings. The summed E-state index contributed by atoms with van der Waals surface area (Å²) in [6.45, 7) is 0. The second-order valence-electron chi connectivity index (χ2n) is 5.64. The Morgan fingerprint density at radius 2 is 1.29 bits per heavy atom. The molecule has 4 saturated carbocycles. The summed E-state index contributed by atoms with van der Waals surface area (Å²) in [5.74, 6) is 1.62. The normalized spacial score (nSPS) is 51.1. The Hall–Kier alpha value is 0.150. The fraction of sp³-hybridized carbons (Fsp3) is 1.00. The van der Waals surface area contributed by atoms with Crippen LogP contribution in [0.3, 0.4) is 0 Å². The Labute approximate surface area is 84.1 Å². The molecule has 0 saturated heterocycles. The van der Waals surface area contributed by atoms with Crippen LogP contribution < -0.4 is 9.79 Å². The van der Waals surface area contributed by atoms with Gasteiger partial charge in [0.25, 0.3) is 0 Å². The van der Waals surface area contributed by atoms with Crippen molar-refractivity contribution in [1.29, 1.82) is 0 Å². The van der Waals surface area contributed by atoms with E-state index in [-0.39, 0.29) is 0 Å². The van der Waals surface area contributed by atoms with Crippen molar-refractivity contribution in [2.75, 3.05) is 0 Å². The van der Waals surface area contributed by atoms with Crippen molar-refractivity contribution in [3.8, 4) is 0 Å². The summed E-state index contributed by atoms with van der Waals surface area (Å²) in [6, 6.07) is 0. The maximum atomic E-state index is 11.4. The van der Waals surface area contributed by atoms with Gasteiger partial charge in [0.05, 0.1) is 0 Å². The van der Waals surface area contributed by atoms with E-state index in [2.05, 4.69) is 0 Å². The molecule has 3 nitrogen and oxygen atoms in total. The topological polar surface area (TPSA) is 63.2 Å². The summed E-state index contributed by atoms with van der Waals surface area (Å²) in [5.41, 5.74) is 0. The average Bonchev–Trinajstić information content (AvgIpc) is 1.98. The molecule has 0 atom stereocenters. The molecule has 4 bridgehead atoms. The fourth-order valence-electron chi connectivity index (χ4n) is 4.40. The van der Waals surface area contributed by atoms with Crippen molar-refractivity contribution in [2.24, 2.45) is 17.8 Å². The maximum Gasteiger partial charge on any atom is -0.00117 e. The van der Waals surface area contributed by atoms with Crippen molar-refractivity contribution in [3.05, 3.63) is 0 Å². The monoisotopic (exact) mass is 214 g/mol. The fourth-order valence-corrected chi connectivity index (χ4v) is 5.85. The van der Waals surface area contributed by atoms with Crippen LogP contribution in [0, 0.1) is 17.8 Å². The molecule has 4 aliphatic rings. The van der Waals surface area contributed by atoms with Gasteiger partial charge in [0.15, 0.2) is 0 Å². The largest absolute Gasteiger partial charge is 0.810 e. The zero-order valence-electron chi connectivity index (χ0n) is 8.15. The van der Waals surface area contributed by atoms with Gasteiger partial charge in [-0.05, 0) is 61.4 Å². The van der Waals surface area contributed by atoms with Gasteiger partial charge in [-0.25, -0.2) is 0 Å². The van der Waals surface area contributed by atoms with Crippen LogP contribution in [-0.2, 0) is 4.57 Å². The minimum Gasteiger partial charge on any atom is -0.810 e. The van der Waals surface area contributed by atoms with Gasteiger partial charge in [-0.15, -0.1) is 0 Å². The SMILES string of the molecule is O=P([O-])([O-])C12CC3CC(CC(C3)C1)C2. The van der Waals surface area contributed by atoms with Crippen molar-refractivity contribution in [2.45, 2.75) is 43.7 Å². The van der Waals surface area contributed by atoms with E-state index in [1.165, 1.54) is 19.3 Å². The van der Waals surface area contributed by atoms with Crippen LogP contribution in [0.5, 0.6) is 0 Å². The first kappa shape index (κ1) is 9.38. The van der Waals surface area contributed by atoms with E-state index in [1.807, 2.05) is 0 Å². The second kappa shape index (κ2) is 2.63. The molecule has 80 valence electrons. The van der Waals surface area contributed by atoms with Crippen molar-refractivity contribution in [1.82, 2.24) is 0 Å². The Morgan fingerprint density at radius 3 is 1.57 bits per heavy atom. The van der Waals surface area contributed by atoms with E-state index in [0.717, 1.165) is 0 Å². The standard InChI is InChI=1S/C10H17O3P/c11-14(12,13)10-4-7-1-8(5-10)3-9(2-7)6-10/h7-9H,1-6H2,(H2,11,12,13)/p-2. The highest BCUT2D eigenvalue weighted by atomic mass is 31.2. The quantitative estimate of drug-likeness (QED) is 0.608. The smallest absolute Gasteiger partial charge is 0.00117 e. The highest BCUT2D eigenvalue weighted by molar-refractivity contribution is 7.50. The van der Waals surface area contributed by atoms with Gasteiger partial charge in [-0.1, -0.05) is 7.60 Å². The van der Waals surface area contributed by atoms with Crippen LogP contribution in [0.15, 0.2) is 0 Å². The van der Waals surface area contributed by atoms with Gasteiger partial charge in [0.2, 0.25) is 0 Å². The molecule has 4 rings (SSSR count). The Morgan fingerprint density at radius 1 is 0.929 bits per heavy atom. The van der Waals surface area contributed by atoms with Crippen LogP contribution in [0.2, 0.25) is 0 Å². The van der Waals surface area contributed by atoms with Gasteiger partial charge in [-0.3, -0.25) is 0 Å². The van der Waals surface area contributed by atoms with Crippen LogP contribution >= 0.6 is 7.60 Å². The predicted octanol–water partition coefficient (Wildman–Crippen LogP) is 0.869. The van der Waals surface area contributed by atoms with Crippen molar-refractivity contribution < 1.29 is 14.4 Å².